The van der Waals surface area contributed by atoms with Gasteiger partial charge >= 0.3 is 5.69 Å². The fourth-order valence-electron chi connectivity index (χ4n) is 3.07. The number of aryl methyl sites for hydroxylation is 1. The number of benzene rings is 1. The number of halogens is 1. The van der Waals surface area contributed by atoms with Gasteiger partial charge in [0, 0.05) is 57.1 Å². The molecule has 1 amide bonds. The van der Waals surface area contributed by atoms with Crippen LogP contribution in [0.2, 0.25) is 0 Å². The fourth-order valence-corrected chi connectivity index (χ4v) is 3.07. The van der Waals surface area contributed by atoms with Crippen molar-refractivity contribution in [2.24, 2.45) is 0 Å². The highest BCUT2D eigenvalue weighted by atomic mass is 19.1. The van der Waals surface area contributed by atoms with Gasteiger partial charge in [-0.25, -0.2) is 9.18 Å². The number of amides is 1. The van der Waals surface area contributed by atoms with E-state index < -0.39 is 11.2 Å². The fraction of sp³-hybridized carbons (Fsp3) is 0.389. The molecule has 1 aromatic carbocycles. The summed E-state index contributed by atoms with van der Waals surface area (Å²) in [7, 11) is 0. The minimum atomic E-state index is -0.511. The van der Waals surface area contributed by atoms with Gasteiger partial charge in [0.15, 0.2) is 0 Å². The lowest BCUT2D eigenvalue weighted by molar-refractivity contribution is -0.131. The van der Waals surface area contributed by atoms with Gasteiger partial charge in [-0.2, -0.15) is 0 Å². The molecular weight excluding hydrogens is 339 g/mol. The van der Waals surface area contributed by atoms with Crippen molar-refractivity contribution in [1.29, 1.82) is 0 Å². The number of aromatic nitrogens is 2. The first-order valence-corrected chi connectivity index (χ1v) is 8.61. The summed E-state index contributed by atoms with van der Waals surface area (Å²) in [6.07, 6.45) is 2.41. The molecule has 26 heavy (non-hydrogen) atoms. The highest BCUT2D eigenvalue weighted by Crippen LogP contribution is 2.17. The van der Waals surface area contributed by atoms with Crippen molar-refractivity contribution in [3.05, 3.63) is 63.2 Å². The molecule has 2 aromatic rings. The lowest BCUT2D eigenvalue weighted by Gasteiger charge is -2.23. The van der Waals surface area contributed by atoms with E-state index in [0.717, 1.165) is 18.7 Å². The molecule has 1 saturated heterocycles. The van der Waals surface area contributed by atoms with E-state index in [9.17, 15) is 18.8 Å². The quantitative estimate of drug-likeness (QED) is 0.875. The molecule has 1 N–H and O–H groups in total. The lowest BCUT2D eigenvalue weighted by atomic mass is 10.2. The maximum Gasteiger partial charge on any atom is 0.328 e. The molecule has 0 bridgehead atoms. The molecule has 0 radical (unpaired) electrons. The minimum Gasteiger partial charge on any atom is -0.370 e. The van der Waals surface area contributed by atoms with Crippen molar-refractivity contribution in [3.63, 3.8) is 0 Å². The number of rotatable bonds is 4. The molecule has 0 unspecified atom stereocenters. The van der Waals surface area contributed by atoms with Crippen LogP contribution in [0.15, 0.2) is 46.1 Å². The van der Waals surface area contributed by atoms with Gasteiger partial charge in [-0.1, -0.05) is 0 Å². The zero-order chi connectivity index (χ0) is 18.5. The van der Waals surface area contributed by atoms with Crippen molar-refractivity contribution >= 4 is 11.6 Å². The van der Waals surface area contributed by atoms with Crippen LogP contribution in [0.1, 0.15) is 12.8 Å². The standard InChI is InChI=1S/C18H21FN4O3/c19-14-2-4-15(5-3-14)21-8-1-9-22(13-12-21)17(25)7-11-23-10-6-16(24)20-18(23)26/h2-6,10H,1,7-9,11-13H2,(H,20,24,26). The summed E-state index contributed by atoms with van der Waals surface area (Å²) in [5.41, 5.74) is -0.0184. The molecule has 0 aliphatic carbocycles. The van der Waals surface area contributed by atoms with Crippen LogP contribution in [0.4, 0.5) is 10.1 Å². The van der Waals surface area contributed by atoms with E-state index in [1.807, 2.05) is 0 Å². The Morgan fingerprint density at radius 1 is 1.04 bits per heavy atom. The van der Waals surface area contributed by atoms with Crippen molar-refractivity contribution in [3.8, 4) is 0 Å². The Hall–Kier alpha value is -2.90. The normalized spacial score (nSPS) is 15.0. The van der Waals surface area contributed by atoms with Crippen LogP contribution in [0.25, 0.3) is 0 Å². The van der Waals surface area contributed by atoms with Gasteiger partial charge < -0.3 is 14.4 Å². The second-order valence-electron chi connectivity index (χ2n) is 6.25. The van der Waals surface area contributed by atoms with Crippen LogP contribution in [0.5, 0.6) is 0 Å². The molecule has 8 heteroatoms. The molecule has 1 aliphatic heterocycles. The van der Waals surface area contributed by atoms with Crippen LogP contribution in [-0.2, 0) is 11.3 Å². The molecule has 0 atom stereocenters. The van der Waals surface area contributed by atoms with E-state index >= 15 is 0 Å². The number of hydrogen-bond donors (Lipinski definition) is 1. The molecule has 1 fully saturated rings. The van der Waals surface area contributed by atoms with Gasteiger partial charge in [0.05, 0.1) is 0 Å². The van der Waals surface area contributed by atoms with Gasteiger partial charge in [0.1, 0.15) is 5.82 Å². The minimum absolute atomic E-state index is 0.0240. The third kappa shape index (κ3) is 4.38. The summed E-state index contributed by atoms with van der Waals surface area (Å²) >= 11 is 0. The van der Waals surface area contributed by atoms with Gasteiger partial charge in [-0.05, 0) is 30.7 Å². The van der Waals surface area contributed by atoms with E-state index in [1.165, 1.54) is 29.0 Å². The third-order valence-electron chi connectivity index (χ3n) is 4.50. The summed E-state index contributed by atoms with van der Waals surface area (Å²) in [6.45, 7) is 2.94. The Bertz CT molecular complexity index is 875. The number of carbonyl (C=O) groups is 1. The predicted octanol–water partition coefficient (Wildman–Crippen LogP) is 0.805. The van der Waals surface area contributed by atoms with Crippen molar-refractivity contribution in [1.82, 2.24) is 14.5 Å². The molecule has 3 rings (SSSR count). The zero-order valence-electron chi connectivity index (χ0n) is 14.4. The van der Waals surface area contributed by atoms with Crippen molar-refractivity contribution < 1.29 is 9.18 Å². The third-order valence-corrected chi connectivity index (χ3v) is 4.50. The number of aromatic amines is 1. The summed E-state index contributed by atoms with van der Waals surface area (Å²) in [5, 5.41) is 0. The Labute approximate surface area is 149 Å². The lowest BCUT2D eigenvalue weighted by Crippen LogP contribution is -2.36. The average Bonchev–Trinajstić information content (AvgIpc) is 2.88. The molecule has 138 valence electrons. The zero-order valence-corrected chi connectivity index (χ0v) is 14.4. The first kappa shape index (κ1) is 17.9. The average molecular weight is 360 g/mol. The molecule has 7 nitrogen and oxygen atoms in total. The number of carbonyl (C=O) groups excluding carboxylic acids is 1. The highest BCUT2D eigenvalue weighted by Gasteiger charge is 2.19. The molecule has 1 aromatic heterocycles. The first-order valence-electron chi connectivity index (χ1n) is 8.61. The number of hydrogen-bond acceptors (Lipinski definition) is 4. The molecule has 0 saturated carbocycles. The Balaban J connectivity index is 1.56. The van der Waals surface area contributed by atoms with Crippen molar-refractivity contribution in [2.75, 3.05) is 31.1 Å². The Morgan fingerprint density at radius 2 is 1.81 bits per heavy atom. The van der Waals surface area contributed by atoms with Crippen LogP contribution in [-0.4, -0.2) is 46.5 Å². The molecular formula is C18H21FN4O3. The number of anilines is 1. The van der Waals surface area contributed by atoms with E-state index in [-0.39, 0.29) is 24.7 Å². The largest absolute Gasteiger partial charge is 0.370 e. The summed E-state index contributed by atoms with van der Waals surface area (Å²) in [4.78, 5) is 41.3. The number of nitrogens with zero attached hydrogens (tertiary/aromatic N) is 3. The van der Waals surface area contributed by atoms with Crippen LogP contribution in [0, 0.1) is 5.82 Å². The number of H-pyrrole nitrogens is 1. The first-order chi connectivity index (χ1) is 12.5. The van der Waals surface area contributed by atoms with Crippen LogP contribution >= 0.6 is 0 Å². The maximum atomic E-state index is 13.1. The molecule has 0 spiro atoms. The van der Waals surface area contributed by atoms with Crippen LogP contribution < -0.4 is 16.1 Å². The van der Waals surface area contributed by atoms with Gasteiger partial charge in [0.25, 0.3) is 5.56 Å². The summed E-state index contributed by atoms with van der Waals surface area (Å²) in [6, 6.07) is 7.62. The van der Waals surface area contributed by atoms with Crippen LogP contribution in [0.3, 0.4) is 0 Å². The predicted molar refractivity (Wildman–Crippen MR) is 95.7 cm³/mol. The Morgan fingerprint density at radius 3 is 2.54 bits per heavy atom. The van der Waals surface area contributed by atoms with Crippen molar-refractivity contribution in [2.45, 2.75) is 19.4 Å². The van der Waals surface area contributed by atoms with E-state index in [1.54, 1.807) is 17.0 Å². The van der Waals surface area contributed by atoms with E-state index in [0.29, 0.717) is 19.6 Å². The summed E-state index contributed by atoms with van der Waals surface area (Å²) < 4.78 is 14.4. The monoisotopic (exact) mass is 360 g/mol. The summed E-state index contributed by atoms with van der Waals surface area (Å²) in [5.74, 6) is -0.290. The second kappa shape index (κ2) is 7.99. The Kier molecular flexibility index (Phi) is 5.50. The molecule has 2 heterocycles. The maximum absolute atomic E-state index is 13.1. The molecule has 1 aliphatic rings. The highest BCUT2D eigenvalue weighted by molar-refractivity contribution is 5.76. The smallest absolute Gasteiger partial charge is 0.328 e. The second-order valence-corrected chi connectivity index (χ2v) is 6.25. The van der Waals surface area contributed by atoms with Gasteiger partial charge in [-0.3, -0.25) is 14.6 Å². The topological polar surface area (TPSA) is 78.4 Å². The van der Waals surface area contributed by atoms with Gasteiger partial charge in [0.2, 0.25) is 5.91 Å². The van der Waals surface area contributed by atoms with E-state index in [2.05, 4.69) is 9.88 Å². The SMILES string of the molecule is O=C(CCn1ccc(=O)[nH]c1=O)N1CCCN(c2ccc(F)cc2)CC1. The van der Waals surface area contributed by atoms with E-state index in [4.69, 9.17) is 0 Å². The number of nitrogens with one attached hydrogen (secondary N) is 1. The van der Waals surface area contributed by atoms with Gasteiger partial charge in [-0.15, -0.1) is 0 Å².